The number of methoxy groups -OCH3 is 3. The summed E-state index contributed by atoms with van der Waals surface area (Å²) in [5.41, 5.74) is 1.87. The van der Waals surface area contributed by atoms with Crippen molar-refractivity contribution in [1.82, 2.24) is 10.2 Å². The fraction of sp³-hybridized carbons (Fsp3) is 0.440. The van der Waals surface area contributed by atoms with Crippen LogP contribution in [0.4, 0.5) is 0 Å². The Morgan fingerprint density at radius 3 is 2.30 bits per heavy atom. The first kappa shape index (κ1) is 24.4. The van der Waals surface area contributed by atoms with Gasteiger partial charge in [-0.2, -0.15) is 0 Å². The summed E-state index contributed by atoms with van der Waals surface area (Å²) in [7, 11) is 6.36. The molecule has 2 unspecified atom stereocenters. The maximum absolute atomic E-state index is 13.5. The molecule has 1 aliphatic heterocycles. The van der Waals surface area contributed by atoms with Crippen molar-refractivity contribution in [2.45, 2.75) is 25.3 Å². The number of benzene rings is 2. The third-order valence-corrected chi connectivity index (χ3v) is 5.88. The van der Waals surface area contributed by atoms with Crippen LogP contribution in [0.1, 0.15) is 46.8 Å². The molecule has 0 radical (unpaired) electrons. The third-order valence-electron chi connectivity index (χ3n) is 5.88. The number of likely N-dealkylation sites (N-methyl/N-ethyl adjacent to an activating group) is 1. The maximum Gasteiger partial charge on any atom is 0.254 e. The van der Waals surface area contributed by atoms with Gasteiger partial charge in [0.25, 0.3) is 5.91 Å². The largest absolute Gasteiger partial charge is 0.497 e. The highest BCUT2D eigenvalue weighted by atomic mass is 16.5. The summed E-state index contributed by atoms with van der Waals surface area (Å²) in [5, 5.41) is 3.02. The zero-order chi connectivity index (χ0) is 24.0. The summed E-state index contributed by atoms with van der Waals surface area (Å²) in [6.07, 6.45) is 0.701. The minimum atomic E-state index is -0.636. The van der Waals surface area contributed by atoms with Crippen molar-refractivity contribution in [2.75, 3.05) is 48.1 Å². The molecule has 33 heavy (non-hydrogen) atoms. The van der Waals surface area contributed by atoms with E-state index in [0.717, 1.165) is 5.56 Å². The topological polar surface area (TPSA) is 86.3 Å². The van der Waals surface area contributed by atoms with E-state index in [1.165, 1.54) is 14.2 Å². The molecule has 2 aromatic carbocycles. The lowest BCUT2D eigenvalue weighted by molar-refractivity contribution is -0.124. The smallest absolute Gasteiger partial charge is 0.254 e. The number of hydrogen-bond acceptors (Lipinski definition) is 6. The molecule has 0 fully saturated rings. The highest BCUT2D eigenvalue weighted by Gasteiger charge is 2.43. The van der Waals surface area contributed by atoms with Gasteiger partial charge in [0.05, 0.1) is 33.3 Å². The van der Waals surface area contributed by atoms with Crippen LogP contribution in [0.5, 0.6) is 17.2 Å². The molecule has 8 heteroatoms. The molecule has 8 nitrogen and oxygen atoms in total. The van der Waals surface area contributed by atoms with Gasteiger partial charge in [-0.05, 0) is 48.7 Å². The quantitative estimate of drug-likeness (QED) is 0.553. The summed E-state index contributed by atoms with van der Waals surface area (Å²) < 4.78 is 21.5. The molecule has 1 N–H and O–H groups in total. The van der Waals surface area contributed by atoms with E-state index in [2.05, 4.69) is 5.32 Å². The van der Waals surface area contributed by atoms with Gasteiger partial charge in [-0.1, -0.05) is 12.1 Å². The van der Waals surface area contributed by atoms with Crippen LogP contribution in [-0.2, 0) is 9.53 Å². The monoisotopic (exact) mass is 456 g/mol. The predicted octanol–water partition coefficient (Wildman–Crippen LogP) is 3.17. The summed E-state index contributed by atoms with van der Waals surface area (Å²) in [6.45, 7) is 3.62. The van der Waals surface area contributed by atoms with Gasteiger partial charge in [-0.25, -0.2) is 0 Å². The van der Waals surface area contributed by atoms with Crippen LogP contribution in [0.15, 0.2) is 36.4 Å². The van der Waals surface area contributed by atoms with Crippen LogP contribution in [-0.4, -0.2) is 64.8 Å². The number of ether oxygens (including phenoxy) is 4. The van der Waals surface area contributed by atoms with Crippen LogP contribution >= 0.6 is 0 Å². The second-order valence-electron chi connectivity index (χ2n) is 7.75. The Bertz CT molecular complexity index is 976. The Kier molecular flexibility index (Phi) is 8.16. The average Bonchev–Trinajstić information content (AvgIpc) is 2.85. The summed E-state index contributed by atoms with van der Waals surface area (Å²) >= 11 is 0. The molecule has 3 rings (SSSR count). The minimum absolute atomic E-state index is 0.167. The number of rotatable bonds is 10. The van der Waals surface area contributed by atoms with Gasteiger partial charge in [0, 0.05) is 32.4 Å². The molecule has 2 amide bonds. The van der Waals surface area contributed by atoms with Gasteiger partial charge in [0.1, 0.15) is 5.75 Å². The van der Waals surface area contributed by atoms with Crippen molar-refractivity contribution < 1.29 is 28.5 Å². The van der Waals surface area contributed by atoms with Gasteiger partial charge >= 0.3 is 0 Å². The molecule has 0 saturated heterocycles. The molecular weight excluding hydrogens is 424 g/mol. The highest BCUT2D eigenvalue weighted by molar-refractivity contribution is 6.02. The normalized spacial score (nSPS) is 17.4. The number of hydrogen-bond donors (Lipinski definition) is 1. The van der Waals surface area contributed by atoms with Gasteiger partial charge in [-0.3, -0.25) is 9.59 Å². The summed E-state index contributed by atoms with van der Waals surface area (Å²) in [4.78, 5) is 28.5. The van der Waals surface area contributed by atoms with E-state index in [9.17, 15) is 9.59 Å². The minimum Gasteiger partial charge on any atom is -0.497 e. The van der Waals surface area contributed by atoms with Crippen LogP contribution < -0.4 is 19.5 Å². The number of fused-ring (bicyclic) bond motifs is 1. The molecule has 1 heterocycles. The molecule has 178 valence electrons. The second kappa shape index (κ2) is 11.0. The lowest BCUT2D eigenvalue weighted by atomic mass is 9.79. The zero-order valence-corrected chi connectivity index (χ0v) is 19.8. The molecule has 0 aromatic heterocycles. The Hall–Kier alpha value is -3.26. The van der Waals surface area contributed by atoms with E-state index < -0.39 is 12.0 Å². The van der Waals surface area contributed by atoms with E-state index in [-0.39, 0.29) is 11.8 Å². The van der Waals surface area contributed by atoms with Crippen LogP contribution in [0.2, 0.25) is 0 Å². The van der Waals surface area contributed by atoms with E-state index in [1.54, 1.807) is 31.2 Å². The number of nitrogens with one attached hydrogen (secondary N) is 1. The van der Waals surface area contributed by atoms with E-state index in [4.69, 9.17) is 18.9 Å². The first-order valence-electron chi connectivity index (χ1n) is 11.0. The van der Waals surface area contributed by atoms with E-state index in [1.807, 2.05) is 31.2 Å². The fourth-order valence-corrected chi connectivity index (χ4v) is 4.19. The van der Waals surface area contributed by atoms with Crippen molar-refractivity contribution in [3.8, 4) is 17.2 Å². The van der Waals surface area contributed by atoms with Crippen LogP contribution in [0.25, 0.3) is 0 Å². The van der Waals surface area contributed by atoms with E-state index >= 15 is 0 Å². The molecule has 2 atom stereocenters. The summed E-state index contributed by atoms with van der Waals surface area (Å²) in [5.74, 6) is 0.621. The first-order chi connectivity index (χ1) is 16.0. The van der Waals surface area contributed by atoms with Gasteiger partial charge in [0.15, 0.2) is 11.5 Å². The van der Waals surface area contributed by atoms with Crippen molar-refractivity contribution in [2.24, 2.45) is 0 Å². The SMILES string of the molecule is CCOCCCNC(=O)C1c2cc(OC)c(OC)cc2C(=O)N(C)C1c1ccc(OC)cc1. The van der Waals surface area contributed by atoms with Gasteiger partial charge in [-0.15, -0.1) is 0 Å². The third kappa shape index (κ3) is 5.06. The number of amides is 2. The Morgan fingerprint density at radius 1 is 1.03 bits per heavy atom. The Balaban J connectivity index is 2.05. The average molecular weight is 457 g/mol. The van der Waals surface area contributed by atoms with Crippen LogP contribution in [0, 0.1) is 0 Å². The Labute approximate surface area is 194 Å². The van der Waals surface area contributed by atoms with Crippen molar-refractivity contribution in [3.05, 3.63) is 53.1 Å². The first-order valence-corrected chi connectivity index (χ1v) is 11.0. The summed E-state index contributed by atoms with van der Waals surface area (Å²) in [6, 6.07) is 10.3. The number of carbonyl (C=O) groups excluding carboxylic acids is 2. The van der Waals surface area contributed by atoms with Crippen molar-refractivity contribution in [3.63, 3.8) is 0 Å². The molecule has 0 saturated carbocycles. The van der Waals surface area contributed by atoms with Gasteiger partial charge < -0.3 is 29.2 Å². The predicted molar refractivity (Wildman–Crippen MR) is 124 cm³/mol. The van der Waals surface area contributed by atoms with Gasteiger partial charge in [0.2, 0.25) is 5.91 Å². The standard InChI is InChI=1S/C25H32N2O6/c1-6-33-13-7-12-26-24(28)22-18-14-20(31-4)21(32-5)15-19(18)25(29)27(2)23(22)16-8-10-17(30-3)11-9-16/h8-11,14-15,22-23H,6-7,12-13H2,1-5H3,(H,26,28). The molecule has 0 spiro atoms. The fourth-order valence-electron chi connectivity index (χ4n) is 4.19. The molecule has 1 aliphatic rings. The number of carbonyl (C=O) groups is 2. The molecule has 0 bridgehead atoms. The second-order valence-corrected chi connectivity index (χ2v) is 7.75. The van der Waals surface area contributed by atoms with Crippen molar-refractivity contribution >= 4 is 11.8 Å². The maximum atomic E-state index is 13.5. The van der Waals surface area contributed by atoms with E-state index in [0.29, 0.717) is 54.6 Å². The lowest BCUT2D eigenvalue weighted by Gasteiger charge is -2.40. The lowest BCUT2D eigenvalue weighted by Crippen LogP contribution is -2.46. The highest BCUT2D eigenvalue weighted by Crippen LogP contribution is 2.45. The van der Waals surface area contributed by atoms with Crippen LogP contribution in [0.3, 0.4) is 0 Å². The molecule has 0 aliphatic carbocycles. The molecular formula is C25H32N2O6. The van der Waals surface area contributed by atoms with Crippen molar-refractivity contribution in [1.29, 1.82) is 0 Å². The zero-order valence-electron chi connectivity index (χ0n) is 19.8. The molecule has 2 aromatic rings. The Morgan fingerprint density at radius 2 is 1.70 bits per heavy atom. The number of nitrogens with zero attached hydrogens (tertiary/aromatic N) is 1.